The molecule has 0 bridgehead atoms. The second-order valence-corrected chi connectivity index (χ2v) is 27.9. The van der Waals surface area contributed by atoms with Gasteiger partial charge in [0.05, 0.1) is 31.9 Å². The summed E-state index contributed by atoms with van der Waals surface area (Å²) >= 11 is 0. The van der Waals surface area contributed by atoms with Gasteiger partial charge in [0.25, 0.3) is 0 Å². The average Bonchev–Trinajstić information content (AvgIpc) is 1.27. The predicted octanol–water partition coefficient (Wildman–Crippen LogP) is -4.84. The lowest BCUT2D eigenvalue weighted by Gasteiger charge is -2.42. The summed E-state index contributed by atoms with van der Waals surface area (Å²) in [6.07, 6.45) is -7.41. The molecule has 0 radical (unpaired) electrons. The molecule has 3 aliphatic rings. The van der Waals surface area contributed by atoms with Crippen molar-refractivity contribution in [2.75, 3.05) is 26.3 Å². The quantitative estimate of drug-likeness (QED) is 0.0296. The average molecular weight is 1510 g/mol. The highest BCUT2D eigenvalue weighted by atomic mass is 16.7. The molecular weight excluding hydrogens is 1410 g/mol. The third kappa shape index (κ3) is 25.3. The van der Waals surface area contributed by atoms with Crippen LogP contribution in [0.1, 0.15) is 108 Å². The van der Waals surface area contributed by atoms with Crippen LogP contribution in [-0.2, 0) is 104 Å². The van der Waals surface area contributed by atoms with E-state index in [1.807, 2.05) is 0 Å². The van der Waals surface area contributed by atoms with Gasteiger partial charge in [-0.3, -0.25) is 62.3 Å². The number of aliphatic hydroxyl groups excluding tert-OH is 3. The van der Waals surface area contributed by atoms with Crippen molar-refractivity contribution in [3.8, 4) is 5.75 Å². The number of benzene rings is 3. The van der Waals surface area contributed by atoms with E-state index in [9.17, 15) is 63.6 Å². The molecule has 1 aromatic heterocycles. The van der Waals surface area contributed by atoms with Gasteiger partial charge in [-0.15, -0.1) is 5.10 Å². The first kappa shape index (κ1) is 84.7. The van der Waals surface area contributed by atoms with Crippen LogP contribution in [0.2, 0.25) is 0 Å². The van der Waals surface area contributed by atoms with E-state index in [0.29, 0.717) is 16.7 Å². The van der Waals surface area contributed by atoms with Crippen molar-refractivity contribution in [1.29, 1.82) is 0 Å². The molecule has 3 saturated heterocycles. The molecule has 15 atom stereocenters. The van der Waals surface area contributed by atoms with Crippen LogP contribution in [0.4, 0.5) is 0 Å². The Bertz CT molecular complexity index is 3760. The van der Waals surface area contributed by atoms with Crippen molar-refractivity contribution < 1.29 is 92.2 Å². The van der Waals surface area contributed by atoms with Gasteiger partial charge in [0.1, 0.15) is 90.5 Å². The van der Waals surface area contributed by atoms with E-state index in [0.717, 1.165) is 0 Å². The molecule has 36 heteroatoms. The third-order valence-electron chi connectivity index (χ3n) is 18.4. The number of rotatable bonds is 25. The molecule has 20 N–H and O–H groups in total. The first-order chi connectivity index (χ1) is 51.4. The summed E-state index contributed by atoms with van der Waals surface area (Å²) in [5.41, 5.74) is 18.6. The summed E-state index contributed by atoms with van der Waals surface area (Å²) in [6.45, 7) is 6.89. The molecule has 588 valence electrons. The second kappa shape index (κ2) is 41.0. The van der Waals surface area contributed by atoms with Gasteiger partial charge in [0, 0.05) is 51.8 Å². The maximum atomic E-state index is 15.4. The van der Waals surface area contributed by atoms with Crippen molar-refractivity contribution in [1.82, 2.24) is 73.1 Å². The summed E-state index contributed by atoms with van der Waals surface area (Å²) in [6, 6.07) is 5.36. The SMILES string of the molecule is CC(=O)N[C@H]1[C@H](OCCn2cc(C[C@@H]3NC(=O)[C@@H]4CCCN4C(=O)[C@@H](Cc4ccccc4)NC(=O)[C@H](CC(C)C)NC(=O)[C@H](CCCN)NC(=O)[C@H](C(C)C)NC(=O)[C@H](Cc4ccc(O)cc4)NC(=O)[C@H](CCC(N)=O)NC(=O)[C@H](CC(N)=O)NC(=O)[C@@H](Cc4ccccc4)NC3=O)nn2)O[C@H](CO)[C@@H](O)[C@@H]1O. The maximum absolute atomic E-state index is 15.4. The topological polar surface area (TPSA) is 554 Å². The molecule has 36 nitrogen and oxygen atoms in total. The standard InChI is InChI=1S/C72H101N17O19/c1-38(2)30-48-64(99)84-53(33-42-16-10-7-11-17-42)71(106)89-27-13-19-54(89)69(104)83-51(34-44-36-88(87-86-44)28-29-107-72-59(76-40(5)91)61(96)60(95)55(37-90)108-72)66(101)81-49(31-41-14-8-6-9-15-41)65(100)82-52(35-57(75)94)67(102)77-47(24-25-56(74)93)63(98)80-50(32-43-20-22-45(92)23-21-43)68(103)85-58(39(3)4)70(105)78-46(18-12-26-73)62(97)79-48/h6-11,14-17,20-23,36,38-39,46-55,58-61,72,90,92,95-96H,12-13,18-19,24-35,37,73H2,1-5H3,(H2,74,93)(H2,75,94)(H,76,91)(H,77,102)(H,78,105)(H,79,97)(H,80,98)(H,81,101)(H,82,100)(H,83,104)(H,84,99)(H,85,103)/t46-,47-,48-,49+,50-,51-,52-,53+,54-,55+,58-,59+,60+,61+,72+/m0/s1. The third-order valence-corrected chi connectivity index (χ3v) is 18.4. The highest BCUT2D eigenvalue weighted by molar-refractivity contribution is 6.01. The van der Waals surface area contributed by atoms with Crippen LogP contribution in [-0.4, -0.2) is 234 Å². The number of nitrogens with two attached hydrogens (primary N) is 3. The minimum atomic E-state index is -1.95. The van der Waals surface area contributed by atoms with E-state index in [-0.39, 0.29) is 95.0 Å². The number of fused-ring (bicyclic) bond motifs is 1. The van der Waals surface area contributed by atoms with Gasteiger partial charge < -0.3 is 105 Å². The summed E-state index contributed by atoms with van der Waals surface area (Å²) in [4.78, 5) is 188. The van der Waals surface area contributed by atoms with Crippen LogP contribution in [0.5, 0.6) is 5.75 Å². The molecule has 3 fully saturated rings. The van der Waals surface area contributed by atoms with Crippen LogP contribution in [0.3, 0.4) is 0 Å². The van der Waals surface area contributed by atoms with Crippen molar-refractivity contribution in [3.05, 3.63) is 114 Å². The highest BCUT2D eigenvalue weighted by Gasteiger charge is 2.46. The second-order valence-electron chi connectivity index (χ2n) is 27.9. The normalized spacial score (nSPS) is 26.4. The molecule has 108 heavy (non-hydrogen) atoms. The predicted molar refractivity (Wildman–Crippen MR) is 384 cm³/mol. The van der Waals surface area contributed by atoms with Gasteiger partial charge in [-0.05, 0) is 85.7 Å². The largest absolute Gasteiger partial charge is 0.508 e. The number of carbonyl (C=O) groups is 13. The number of carbonyl (C=O) groups excluding carboxylic acids is 13. The highest BCUT2D eigenvalue weighted by Crippen LogP contribution is 2.25. The zero-order valence-corrected chi connectivity index (χ0v) is 60.9. The van der Waals surface area contributed by atoms with Crippen LogP contribution in [0.25, 0.3) is 0 Å². The number of primary amides is 2. The van der Waals surface area contributed by atoms with Crippen molar-refractivity contribution in [2.24, 2.45) is 29.0 Å². The van der Waals surface area contributed by atoms with E-state index >= 15 is 19.2 Å². The number of aliphatic hydroxyl groups is 3. The smallest absolute Gasteiger partial charge is 0.246 e. The first-order valence-electron chi connectivity index (χ1n) is 36.0. The minimum absolute atomic E-state index is 0.00713. The van der Waals surface area contributed by atoms with Gasteiger partial charge in [-0.1, -0.05) is 106 Å². The number of nitrogens with one attached hydrogen (secondary N) is 10. The zero-order chi connectivity index (χ0) is 78.9. The van der Waals surface area contributed by atoms with Crippen molar-refractivity contribution in [3.63, 3.8) is 0 Å². The molecule has 13 amide bonds. The van der Waals surface area contributed by atoms with Gasteiger partial charge in [0.2, 0.25) is 76.8 Å². The van der Waals surface area contributed by atoms with Crippen LogP contribution in [0, 0.1) is 11.8 Å². The van der Waals surface area contributed by atoms with Crippen molar-refractivity contribution >= 4 is 76.8 Å². The van der Waals surface area contributed by atoms with E-state index < -0.39 is 206 Å². The minimum Gasteiger partial charge on any atom is -0.508 e. The number of nitrogens with zero attached hydrogens (tertiary/aromatic N) is 4. The Hall–Kier alpha value is -10.5. The zero-order valence-electron chi connectivity index (χ0n) is 60.9. The van der Waals surface area contributed by atoms with Crippen LogP contribution in [0.15, 0.2) is 91.1 Å². The number of hydrogen-bond acceptors (Lipinski definition) is 22. The van der Waals surface area contributed by atoms with Gasteiger partial charge in [-0.25, -0.2) is 4.68 Å². The van der Waals surface area contributed by atoms with Gasteiger partial charge >= 0.3 is 0 Å². The Kier molecular flexibility index (Phi) is 32.2. The molecule has 4 heterocycles. The fraction of sp³-hybridized carbons (Fsp3) is 0.542. The number of aromatic nitrogens is 3. The molecule has 3 aromatic carbocycles. The molecule has 4 aromatic rings. The van der Waals surface area contributed by atoms with Crippen molar-refractivity contribution in [2.45, 2.75) is 209 Å². The number of phenolic OH excluding ortho intramolecular Hbond substituents is 1. The molecule has 3 aliphatic heterocycles. The van der Waals surface area contributed by atoms with E-state index in [2.05, 4.69) is 63.5 Å². The Morgan fingerprint density at radius 3 is 1.68 bits per heavy atom. The number of phenols is 1. The monoisotopic (exact) mass is 1510 g/mol. The lowest BCUT2D eigenvalue weighted by Crippen LogP contribution is -2.64. The number of ether oxygens (including phenoxy) is 2. The maximum Gasteiger partial charge on any atom is 0.246 e. The Morgan fingerprint density at radius 2 is 1.11 bits per heavy atom. The van der Waals surface area contributed by atoms with Gasteiger partial charge in [0.15, 0.2) is 6.29 Å². The summed E-state index contributed by atoms with van der Waals surface area (Å²) < 4.78 is 12.8. The van der Waals surface area contributed by atoms with E-state index in [1.54, 1.807) is 88.4 Å². The Balaban J connectivity index is 1.31. The van der Waals surface area contributed by atoms with Crippen LogP contribution < -0.4 is 70.4 Å². The Morgan fingerprint density at radius 1 is 0.611 bits per heavy atom. The lowest BCUT2D eigenvalue weighted by molar-refractivity contribution is -0.270. The number of aromatic hydroxyl groups is 1. The number of hydrogen-bond donors (Lipinski definition) is 17. The summed E-state index contributed by atoms with van der Waals surface area (Å²) in [5, 5.41) is 76.2. The van der Waals surface area contributed by atoms with Crippen LogP contribution >= 0.6 is 0 Å². The Labute approximate surface area is 623 Å². The van der Waals surface area contributed by atoms with E-state index in [4.69, 9.17) is 26.7 Å². The number of amides is 13. The summed E-state index contributed by atoms with van der Waals surface area (Å²) in [5.74, 6) is -13.4. The molecule has 0 spiro atoms. The van der Waals surface area contributed by atoms with E-state index in [1.165, 1.54) is 47.0 Å². The van der Waals surface area contributed by atoms with Gasteiger partial charge in [-0.2, -0.15) is 0 Å². The summed E-state index contributed by atoms with van der Waals surface area (Å²) in [7, 11) is 0. The fourth-order valence-electron chi connectivity index (χ4n) is 12.7. The molecule has 0 saturated carbocycles. The molecule has 0 aliphatic carbocycles. The fourth-order valence-corrected chi connectivity index (χ4v) is 12.7. The lowest BCUT2D eigenvalue weighted by atomic mass is 9.97. The molecule has 0 unspecified atom stereocenters. The molecular formula is C72H101N17O19. The first-order valence-corrected chi connectivity index (χ1v) is 36.0. The molecule has 7 rings (SSSR count).